The summed E-state index contributed by atoms with van der Waals surface area (Å²) in [5.41, 5.74) is 1.26. The number of piperidine rings is 1. The highest BCUT2D eigenvalue weighted by atomic mass is 32.2. The van der Waals surface area contributed by atoms with Crippen LogP contribution >= 0.6 is 0 Å². The molecule has 3 aromatic rings. The van der Waals surface area contributed by atoms with Crippen LogP contribution in [0.5, 0.6) is 0 Å². The van der Waals surface area contributed by atoms with Gasteiger partial charge in [0.05, 0.1) is 17.0 Å². The number of amides is 1. The second kappa shape index (κ2) is 8.21. The average Bonchev–Trinajstić information content (AvgIpc) is 3.29. The van der Waals surface area contributed by atoms with Crippen LogP contribution in [0.3, 0.4) is 0 Å². The van der Waals surface area contributed by atoms with Crippen molar-refractivity contribution in [1.82, 2.24) is 14.5 Å². The predicted molar refractivity (Wildman–Crippen MR) is 110 cm³/mol. The van der Waals surface area contributed by atoms with Gasteiger partial charge in [-0.3, -0.25) is 4.79 Å². The third kappa shape index (κ3) is 4.40. The van der Waals surface area contributed by atoms with Crippen molar-refractivity contribution < 1.29 is 13.2 Å². The second-order valence-corrected chi connectivity index (χ2v) is 9.29. The number of likely N-dealkylation sites (tertiary alicyclic amines) is 1. The topological polar surface area (TPSA) is 72.3 Å². The monoisotopic (exact) mass is 409 g/mol. The molecule has 2 heterocycles. The first-order valence-corrected chi connectivity index (χ1v) is 11.3. The molecule has 0 radical (unpaired) electrons. The third-order valence-electron chi connectivity index (χ3n) is 5.36. The third-order valence-corrected chi connectivity index (χ3v) is 7.06. The van der Waals surface area contributed by atoms with Crippen molar-refractivity contribution >= 4 is 15.7 Å². The minimum Gasteiger partial charge on any atom is -0.338 e. The predicted octanol–water partition coefficient (Wildman–Crippen LogP) is 3.33. The minimum absolute atomic E-state index is 0.00783. The van der Waals surface area contributed by atoms with Gasteiger partial charge in [-0.15, -0.1) is 0 Å². The molecule has 4 rings (SSSR count). The first-order chi connectivity index (χ1) is 14.0. The molecule has 1 aliphatic rings. The summed E-state index contributed by atoms with van der Waals surface area (Å²) in [6, 6.07) is 15.7. The van der Waals surface area contributed by atoms with E-state index < -0.39 is 9.84 Å². The molecule has 1 aromatic heterocycles. The van der Waals surface area contributed by atoms with Gasteiger partial charge in [0, 0.05) is 37.1 Å². The van der Waals surface area contributed by atoms with Crippen LogP contribution in [0.25, 0.3) is 0 Å². The molecule has 2 aromatic carbocycles. The van der Waals surface area contributed by atoms with Crippen LogP contribution < -0.4 is 0 Å². The maximum Gasteiger partial charge on any atom is 0.253 e. The molecular weight excluding hydrogens is 386 g/mol. The Labute approximate surface area is 170 Å². The molecule has 6 nitrogen and oxygen atoms in total. The van der Waals surface area contributed by atoms with Crippen LogP contribution in [0.15, 0.2) is 78.2 Å². The number of benzene rings is 2. The number of nitrogens with zero attached hydrogens (tertiary/aromatic N) is 3. The summed E-state index contributed by atoms with van der Waals surface area (Å²) in [6.45, 7) is 1.40. The van der Waals surface area contributed by atoms with Gasteiger partial charge in [-0.05, 0) is 42.7 Å². The van der Waals surface area contributed by atoms with Gasteiger partial charge in [-0.1, -0.05) is 30.3 Å². The Bertz CT molecular complexity index is 1050. The quantitative estimate of drug-likeness (QED) is 0.648. The number of rotatable bonds is 5. The van der Waals surface area contributed by atoms with E-state index in [1.807, 2.05) is 17.4 Å². The van der Waals surface area contributed by atoms with Gasteiger partial charge in [0.15, 0.2) is 9.84 Å². The van der Waals surface area contributed by atoms with Crippen LogP contribution in [0, 0.1) is 0 Å². The summed E-state index contributed by atoms with van der Waals surface area (Å²) < 4.78 is 27.1. The fourth-order valence-electron chi connectivity index (χ4n) is 3.71. The lowest BCUT2D eigenvalue weighted by Gasteiger charge is -2.32. The van der Waals surface area contributed by atoms with Crippen LogP contribution in [-0.4, -0.2) is 41.9 Å². The van der Waals surface area contributed by atoms with Crippen LogP contribution in [0.1, 0.15) is 34.8 Å². The molecule has 0 unspecified atom stereocenters. The van der Waals surface area contributed by atoms with E-state index in [0.717, 1.165) is 12.8 Å². The largest absolute Gasteiger partial charge is 0.338 e. The molecule has 0 spiro atoms. The lowest BCUT2D eigenvalue weighted by Crippen LogP contribution is -2.38. The molecule has 1 saturated heterocycles. The number of sulfone groups is 1. The van der Waals surface area contributed by atoms with E-state index in [4.69, 9.17) is 0 Å². The van der Waals surface area contributed by atoms with Crippen molar-refractivity contribution in [2.45, 2.75) is 29.5 Å². The van der Waals surface area contributed by atoms with Crippen LogP contribution in [0.2, 0.25) is 0 Å². The zero-order valence-electron chi connectivity index (χ0n) is 16.0. The Hall–Kier alpha value is -2.93. The van der Waals surface area contributed by atoms with E-state index in [0.29, 0.717) is 35.2 Å². The van der Waals surface area contributed by atoms with E-state index in [1.54, 1.807) is 60.8 Å². The molecule has 7 heteroatoms. The molecule has 29 heavy (non-hydrogen) atoms. The molecule has 0 saturated carbocycles. The zero-order valence-corrected chi connectivity index (χ0v) is 16.8. The summed E-state index contributed by atoms with van der Waals surface area (Å²) in [5.74, 6) is -0.0894. The highest BCUT2D eigenvalue weighted by Gasteiger charge is 2.24. The van der Waals surface area contributed by atoms with Crippen LogP contribution in [0.4, 0.5) is 0 Å². The molecular formula is C22H23N3O3S. The van der Waals surface area contributed by atoms with Crippen molar-refractivity contribution in [1.29, 1.82) is 0 Å². The average molecular weight is 410 g/mol. The van der Waals surface area contributed by atoms with Crippen LogP contribution in [-0.2, 0) is 15.6 Å². The highest BCUT2D eigenvalue weighted by Crippen LogP contribution is 2.23. The van der Waals surface area contributed by atoms with E-state index in [9.17, 15) is 13.2 Å². The first-order valence-electron chi connectivity index (χ1n) is 9.66. The standard InChI is InChI=1S/C22H23N3O3S/c26-22(24-13-10-20(11-14-24)25-15-12-23-17-25)19-8-6-18(7-9-19)16-29(27,28)21-4-2-1-3-5-21/h1-9,12,15,17,20H,10-11,13-14,16H2. The summed E-state index contributed by atoms with van der Waals surface area (Å²) in [7, 11) is -3.40. The van der Waals surface area contributed by atoms with Crippen molar-refractivity contribution in [2.75, 3.05) is 13.1 Å². The maximum atomic E-state index is 12.8. The fourth-order valence-corrected chi connectivity index (χ4v) is 5.08. The summed E-state index contributed by atoms with van der Waals surface area (Å²) in [4.78, 5) is 19.1. The van der Waals surface area contributed by atoms with Gasteiger partial charge in [-0.2, -0.15) is 0 Å². The number of aromatic nitrogens is 2. The molecule has 1 fully saturated rings. The number of carbonyl (C=O) groups is 1. The molecule has 0 atom stereocenters. The Morgan fingerprint density at radius 1 is 1.00 bits per heavy atom. The van der Waals surface area contributed by atoms with Gasteiger partial charge in [0.25, 0.3) is 5.91 Å². The summed E-state index contributed by atoms with van der Waals surface area (Å²) >= 11 is 0. The molecule has 1 amide bonds. The Morgan fingerprint density at radius 2 is 1.69 bits per heavy atom. The molecule has 0 bridgehead atoms. The van der Waals surface area contributed by atoms with E-state index in [1.165, 1.54) is 0 Å². The first kappa shape index (κ1) is 19.4. The van der Waals surface area contributed by atoms with Gasteiger partial charge in [-0.25, -0.2) is 13.4 Å². The number of carbonyl (C=O) groups excluding carboxylic acids is 1. The van der Waals surface area contributed by atoms with Gasteiger partial charge >= 0.3 is 0 Å². The van der Waals surface area contributed by atoms with E-state index >= 15 is 0 Å². The van der Waals surface area contributed by atoms with Crippen molar-refractivity contribution in [3.8, 4) is 0 Å². The van der Waals surface area contributed by atoms with Crippen molar-refractivity contribution in [3.05, 3.63) is 84.4 Å². The summed E-state index contributed by atoms with van der Waals surface area (Å²) in [5, 5.41) is 0. The van der Waals surface area contributed by atoms with E-state index in [-0.39, 0.29) is 11.7 Å². The number of imidazole rings is 1. The molecule has 0 N–H and O–H groups in total. The van der Waals surface area contributed by atoms with E-state index in [2.05, 4.69) is 9.55 Å². The van der Waals surface area contributed by atoms with Gasteiger partial charge in [0.1, 0.15) is 0 Å². The van der Waals surface area contributed by atoms with Gasteiger partial charge in [0.2, 0.25) is 0 Å². The number of hydrogen-bond acceptors (Lipinski definition) is 4. The lowest BCUT2D eigenvalue weighted by molar-refractivity contribution is 0.0694. The Balaban J connectivity index is 1.38. The number of hydrogen-bond donors (Lipinski definition) is 0. The molecule has 150 valence electrons. The van der Waals surface area contributed by atoms with Gasteiger partial charge < -0.3 is 9.47 Å². The molecule has 0 aliphatic carbocycles. The highest BCUT2D eigenvalue weighted by molar-refractivity contribution is 7.90. The lowest BCUT2D eigenvalue weighted by atomic mass is 10.0. The minimum atomic E-state index is -3.40. The smallest absolute Gasteiger partial charge is 0.253 e. The normalized spacial score (nSPS) is 15.4. The zero-order chi connectivity index (χ0) is 20.3. The molecule has 1 aliphatic heterocycles. The maximum absolute atomic E-state index is 12.8. The Morgan fingerprint density at radius 3 is 2.31 bits per heavy atom. The van der Waals surface area contributed by atoms with Crippen molar-refractivity contribution in [3.63, 3.8) is 0 Å². The summed E-state index contributed by atoms with van der Waals surface area (Å²) in [6.07, 6.45) is 7.36. The Kier molecular flexibility index (Phi) is 5.49. The second-order valence-electron chi connectivity index (χ2n) is 7.30. The SMILES string of the molecule is O=C(c1ccc(CS(=O)(=O)c2ccccc2)cc1)N1CCC(n2ccnc2)CC1. The fraction of sp³-hybridized carbons (Fsp3) is 0.273. The van der Waals surface area contributed by atoms with Crippen molar-refractivity contribution in [2.24, 2.45) is 0 Å².